The first-order valence-corrected chi connectivity index (χ1v) is 8.56. The highest BCUT2D eigenvalue weighted by Gasteiger charge is 2.30. The van der Waals surface area contributed by atoms with E-state index in [4.69, 9.17) is 5.84 Å². The molecular weight excluding hydrogens is 278 g/mol. The number of sulfone groups is 1. The monoisotopic (exact) mass is 299 g/mol. The molecule has 1 aromatic rings. The Labute approximate surface area is 119 Å². The van der Waals surface area contributed by atoms with Crippen LogP contribution in [0.15, 0.2) is 6.07 Å². The number of hydrogen-bond donors (Lipinski definition) is 3. The molecule has 20 heavy (non-hydrogen) atoms. The maximum Gasteiger partial charge on any atom is 0.154 e. The summed E-state index contributed by atoms with van der Waals surface area (Å²) in [5.74, 6) is 7.50. The number of nitrogens with two attached hydrogens (primary N) is 1. The quantitative estimate of drug-likeness (QED) is 0.524. The van der Waals surface area contributed by atoms with Crippen LogP contribution in [0.4, 0.5) is 11.6 Å². The van der Waals surface area contributed by atoms with E-state index in [-0.39, 0.29) is 5.25 Å². The van der Waals surface area contributed by atoms with Gasteiger partial charge in [-0.15, -0.1) is 0 Å². The summed E-state index contributed by atoms with van der Waals surface area (Å²) in [5.41, 5.74) is 2.50. The summed E-state index contributed by atoms with van der Waals surface area (Å²) in [6, 6.07) is 1.68. The molecule has 1 aromatic heterocycles. The Balaban J connectivity index is 2.07. The Morgan fingerprint density at radius 2 is 2.15 bits per heavy atom. The van der Waals surface area contributed by atoms with E-state index < -0.39 is 9.84 Å². The van der Waals surface area contributed by atoms with Gasteiger partial charge in [0, 0.05) is 19.0 Å². The molecule has 0 spiro atoms. The topological polar surface area (TPSA) is 110 Å². The maximum atomic E-state index is 11.8. The smallest absolute Gasteiger partial charge is 0.154 e. The summed E-state index contributed by atoms with van der Waals surface area (Å²) in [4.78, 5) is 8.61. The molecule has 0 bridgehead atoms. The lowest BCUT2D eigenvalue weighted by molar-refractivity contribution is 0.591. The van der Waals surface area contributed by atoms with Gasteiger partial charge in [0.15, 0.2) is 9.84 Å². The van der Waals surface area contributed by atoms with Gasteiger partial charge < -0.3 is 10.7 Å². The van der Waals surface area contributed by atoms with Crippen LogP contribution in [-0.4, -0.2) is 35.9 Å². The molecule has 7 nitrogen and oxygen atoms in total. The van der Waals surface area contributed by atoms with Gasteiger partial charge in [0.25, 0.3) is 0 Å². The first kappa shape index (κ1) is 15.0. The van der Waals surface area contributed by atoms with Crippen molar-refractivity contribution in [2.75, 3.05) is 23.0 Å². The fraction of sp³-hybridized carbons (Fsp3) is 0.667. The molecule has 0 aromatic carbocycles. The number of hydrogen-bond acceptors (Lipinski definition) is 7. The zero-order chi connectivity index (χ0) is 14.6. The van der Waals surface area contributed by atoms with Crippen LogP contribution in [0.1, 0.15) is 32.0 Å². The highest BCUT2D eigenvalue weighted by atomic mass is 32.2. The minimum Gasteiger partial charge on any atom is -0.369 e. The normalized spacial score (nSPS) is 20.8. The lowest BCUT2D eigenvalue weighted by atomic mass is 10.2. The van der Waals surface area contributed by atoms with E-state index in [1.165, 1.54) is 0 Å². The standard InChI is InChI=1S/C12H21N5O2S/c1-2-4-10-15-11(7-12(16-10)17-13)14-8-9-5-3-6-20(9,18)19/h7,9H,2-6,8,13H2,1H3,(H2,14,15,16,17). The van der Waals surface area contributed by atoms with E-state index in [1.807, 2.05) is 6.92 Å². The first-order valence-electron chi connectivity index (χ1n) is 6.85. The van der Waals surface area contributed by atoms with Crippen molar-refractivity contribution < 1.29 is 8.42 Å². The molecule has 8 heteroatoms. The Kier molecular flexibility index (Phi) is 4.77. The van der Waals surface area contributed by atoms with Crippen molar-refractivity contribution in [2.24, 2.45) is 5.84 Å². The lowest BCUT2D eigenvalue weighted by Gasteiger charge is -2.13. The van der Waals surface area contributed by atoms with Crippen LogP contribution in [0.2, 0.25) is 0 Å². The van der Waals surface area contributed by atoms with E-state index in [9.17, 15) is 8.42 Å². The van der Waals surface area contributed by atoms with Gasteiger partial charge in [-0.25, -0.2) is 24.2 Å². The maximum absolute atomic E-state index is 11.8. The van der Waals surface area contributed by atoms with Crippen LogP contribution in [0.25, 0.3) is 0 Å². The molecule has 1 aliphatic heterocycles. The Bertz CT molecular complexity index is 561. The van der Waals surface area contributed by atoms with Gasteiger partial charge in [0.05, 0.1) is 11.0 Å². The predicted molar refractivity (Wildman–Crippen MR) is 79.1 cm³/mol. The number of rotatable bonds is 6. The average molecular weight is 299 g/mol. The van der Waals surface area contributed by atoms with Gasteiger partial charge >= 0.3 is 0 Å². The third-order valence-electron chi connectivity index (χ3n) is 3.37. The van der Waals surface area contributed by atoms with Gasteiger partial charge in [-0.1, -0.05) is 6.92 Å². The van der Waals surface area contributed by atoms with Crippen LogP contribution >= 0.6 is 0 Å². The third-order valence-corrected chi connectivity index (χ3v) is 5.64. The van der Waals surface area contributed by atoms with Crippen LogP contribution in [-0.2, 0) is 16.3 Å². The Morgan fingerprint density at radius 3 is 2.75 bits per heavy atom. The van der Waals surface area contributed by atoms with Crippen LogP contribution < -0.4 is 16.6 Å². The second-order valence-electron chi connectivity index (χ2n) is 4.96. The molecule has 1 fully saturated rings. The van der Waals surface area contributed by atoms with E-state index in [2.05, 4.69) is 20.7 Å². The van der Waals surface area contributed by atoms with Crippen molar-refractivity contribution in [3.8, 4) is 0 Å². The van der Waals surface area contributed by atoms with Crippen molar-refractivity contribution in [2.45, 2.75) is 37.9 Å². The van der Waals surface area contributed by atoms with Gasteiger partial charge in [0.2, 0.25) is 0 Å². The van der Waals surface area contributed by atoms with Crippen molar-refractivity contribution in [3.05, 3.63) is 11.9 Å². The summed E-state index contributed by atoms with van der Waals surface area (Å²) in [6.45, 7) is 2.43. The van der Waals surface area contributed by atoms with Crippen molar-refractivity contribution in [1.82, 2.24) is 9.97 Å². The predicted octanol–water partition coefficient (Wildman–Crippen LogP) is 0.704. The summed E-state index contributed by atoms with van der Waals surface area (Å²) in [7, 11) is -2.94. The molecule has 2 rings (SSSR count). The summed E-state index contributed by atoms with van der Waals surface area (Å²) in [5, 5.41) is 2.77. The van der Waals surface area contributed by atoms with Crippen LogP contribution in [0.3, 0.4) is 0 Å². The van der Waals surface area contributed by atoms with Crippen LogP contribution in [0, 0.1) is 0 Å². The first-order chi connectivity index (χ1) is 9.55. The highest BCUT2D eigenvalue weighted by Crippen LogP contribution is 2.20. The van der Waals surface area contributed by atoms with Gasteiger partial charge in [-0.05, 0) is 19.3 Å². The van der Waals surface area contributed by atoms with Crippen molar-refractivity contribution in [1.29, 1.82) is 0 Å². The average Bonchev–Trinajstić information content (AvgIpc) is 2.75. The molecule has 1 atom stereocenters. The molecule has 4 N–H and O–H groups in total. The van der Waals surface area contributed by atoms with E-state index in [0.717, 1.165) is 19.3 Å². The zero-order valence-corrected chi connectivity index (χ0v) is 12.4. The summed E-state index contributed by atoms with van der Waals surface area (Å²) in [6.07, 6.45) is 3.15. The summed E-state index contributed by atoms with van der Waals surface area (Å²) < 4.78 is 23.5. The Hall–Kier alpha value is -1.41. The molecule has 0 amide bonds. The number of hydrazine groups is 1. The third kappa shape index (κ3) is 3.57. The fourth-order valence-electron chi connectivity index (χ4n) is 2.30. The summed E-state index contributed by atoms with van der Waals surface area (Å²) >= 11 is 0. The molecule has 1 saturated heterocycles. The second-order valence-corrected chi connectivity index (χ2v) is 7.36. The highest BCUT2D eigenvalue weighted by molar-refractivity contribution is 7.92. The van der Waals surface area contributed by atoms with E-state index in [1.54, 1.807) is 6.07 Å². The number of aromatic nitrogens is 2. The minimum absolute atomic E-state index is 0.291. The number of aryl methyl sites for hydroxylation is 1. The van der Waals surface area contributed by atoms with Crippen molar-refractivity contribution in [3.63, 3.8) is 0 Å². The van der Waals surface area contributed by atoms with E-state index >= 15 is 0 Å². The molecule has 112 valence electrons. The Morgan fingerprint density at radius 1 is 1.40 bits per heavy atom. The molecule has 0 aliphatic carbocycles. The number of nitrogens with one attached hydrogen (secondary N) is 2. The van der Waals surface area contributed by atoms with E-state index in [0.29, 0.717) is 36.2 Å². The second kappa shape index (κ2) is 6.36. The SMILES string of the molecule is CCCc1nc(NN)cc(NCC2CCCS2(=O)=O)n1. The van der Waals surface area contributed by atoms with Gasteiger partial charge in [-0.3, -0.25) is 0 Å². The molecule has 0 radical (unpaired) electrons. The zero-order valence-electron chi connectivity index (χ0n) is 11.6. The largest absolute Gasteiger partial charge is 0.369 e. The van der Waals surface area contributed by atoms with Crippen molar-refractivity contribution >= 4 is 21.5 Å². The van der Waals surface area contributed by atoms with Gasteiger partial charge in [0.1, 0.15) is 17.5 Å². The number of nitrogens with zero attached hydrogens (tertiary/aromatic N) is 2. The molecule has 2 heterocycles. The van der Waals surface area contributed by atoms with Gasteiger partial charge in [-0.2, -0.15) is 0 Å². The number of nitrogen functional groups attached to an aromatic ring is 1. The lowest BCUT2D eigenvalue weighted by Crippen LogP contribution is -2.25. The molecular formula is C12H21N5O2S. The molecule has 1 unspecified atom stereocenters. The molecule has 0 saturated carbocycles. The van der Waals surface area contributed by atoms with Crippen LogP contribution in [0.5, 0.6) is 0 Å². The minimum atomic E-state index is -2.94. The number of anilines is 2. The molecule has 1 aliphatic rings. The fourth-order valence-corrected chi connectivity index (χ4v) is 4.07.